The maximum atomic E-state index is 11.4. The molecule has 3 N–H and O–H groups in total. The van der Waals surface area contributed by atoms with Gasteiger partial charge in [0.1, 0.15) is 0 Å². The molecule has 0 spiro atoms. The topological polar surface area (TPSA) is 61.4 Å². The molecule has 1 rings (SSSR count). The Morgan fingerprint density at radius 3 is 2.50 bits per heavy atom. The smallest absolute Gasteiger partial charge is 0.315 e. The van der Waals surface area contributed by atoms with Gasteiger partial charge in [0.2, 0.25) is 0 Å². The van der Waals surface area contributed by atoms with Gasteiger partial charge < -0.3 is 15.7 Å². The van der Waals surface area contributed by atoms with Gasteiger partial charge in [-0.1, -0.05) is 37.6 Å². The van der Waals surface area contributed by atoms with Gasteiger partial charge in [-0.3, -0.25) is 0 Å². The lowest BCUT2D eigenvalue weighted by atomic mass is 10.1. The fourth-order valence-corrected chi connectivity index (χ4v) is 1.54. The fourth-order valence-electron chi connectivity index (χ4n) is 1.54. The predicted octanol–water partition coefficient (Wildman–Crippen LogP) is 2.34. The average Bonchev–Trinajstić information content (AvgIpc) is 2.37. The maximum absolute atomic E-state index is 11.4. The summed E-state index contributed by atoms with van der Waals surface area (Å²) in [6, 6.07) is 7.43. The van der Waals surface area contributed by atoms with Crippen molar-refractivity contribution in [3.05, 3.63) is 35.4 Å². The van der Waals surface area contributed by atoms with E-state index >= 15 is 0 Å². The minimum absolute atomic E-state index is 0.136. The first kappa shape index (κ1) is 14.5. The van der Waals surface area contributed by atoms with Crippen LogP contribution in [0.3, 0.4) is 0 Å². The number of urea groups is 1. The van der Waals surface area contributed by atoms with Crippen LogP contribution in [0.4, 0.5) is 4.79 Å². The summed E-state index contributed by atoms with van der Waals surface area (Å²) in [5.74, 6) is 0. The monoisotopic (exact) mass is 250 g/mol. The number of rotatable bonds is 6. The standard InChI is InChI=1S/C14H22N2O2/c1-3-4-9-15-14(18)16-10-12-5-7-13(8-6-12)11(2)17/h5-8,11,17H,3-4,9-10H2,1-2H3,(H2,15,16,18). The minimum Gasteiger partial charge on any atom is -0.389 e. The third kappa shape index (κ3) is 5.19. The fraction of sp³-hybridized carbons (Fsp3) is 0.500. The second-order valence-electron chi connectivity index (χ2n) is 4.38. The molecule has 100 valence electrons. The third-order valence-corrected chi connectivity index (χ3v) is 2.73. The van der Waals surface area contributed by atoms with Crippen molar-refractivity contribution in [1.29, 1.82) is 0 Å². The van der Waals surface area contributed by atoms with E-state index in [1.54, 1.807) is 6.92 Å². The highest BCUT2D eigenvalue weighted by Gasteiger charge is 2.02. The first-order valence-corrected chi connectivity index (χ1v) is 6.42. The van der Waals surface area contributed by atoms with Crippen molar-refractivity contribution in [2.75, 3.05) is 6.54 Å². The summed E-state index contributed by atoms with van der Waals surface area (Å²) < 4.78 is 0. The Balaban J connectivity index is 2.32. The van der Waals surface area contributed by atoms with Gasteiger partial charge in [-0.2, -0.15) is 0 Å². The van der Waals surface area contributed by atoms with E-state index in [0.717, 1.165) is 24.0 Å². The van der Waals surface area contributed by atoms with Crippen LogP contribution in [0.25, 0.3) is 0 Å². The lowest BCUT2D eigenvalue weighted by Crippen LogP contribution is -2.35. The van der Waals surface area contributed by atoms with Crippen LogP contribution in [0.2, 0.25) is 0 Å². The zero-order valence-corrected chi connectivity index (χ0v) is 11.1. The number of hydrogen-bond acceptors (Lipinski definition) is 2. The Bertz CT molecular complexity index is 361. The Morgan fingerprint density at radius 2 is 1.94 bits per heavy atom. The number of aliphatic hydroxyl groups is 1. The van der Waals surface area contributed by atoms with Crippen LogP contribution in [0.5, 0.6) is 0 Å². The number of hydrogen-bond donors (Lipinski definition) is 3. The molecular weight excluding hydrogens is 228 g/mol. The van der Waals surface area contributed by atoms with Crippen LogP contribution in [-0.2, 0) is 6.54 Å². The molecule has 1 unspecified atom stereocenters. The normalized spacial score (nSPS) is 11.9. The highest BCUT2D eigenvalue weighted by molar-refractivity contribution is 5.73. The quantitative estimate of drug-likeness (QED) is 0.679. The number of unbranched alkanes of at least 4 members (excludes halogenated alkanes) is 1. The first-order chi connectivity index (χ1) is 8.63. The molecule has 0 radical (unpaired) electrons. The summed E-state index contributed by atoms with van der Waals surface area (Å²) in [5.41, 5.74) is 1.90. The van der Waals surface area contributed by atoms with Crippen LogP contribution >= 0.6 is 0 Å². The van der Waals surface area contributed by atoms with Crippen LogP contribution < -0.4 is 10.6 Å². The molecule has 0 heterocycles. The molecule has 18 heavy (non-hydrogen) atoms. The van der Waals surface area contributed by atoms with Gasteiger partial charge in [0.05, 0.1) is 6.10 Å². The van der Waals surface area contributed by atoms with Crippen molar-refractivity contribution in [3.63, 3.8) is 0 Å². The van der Waals surface area contributed by atoms with Crippen molar-refractivity contribution in [2.45, 2.75) is 39.3 Å². The summed E-state index contributed by atoms with van der Waals surface area (Å²) in [5, 5.41) is 15.0. The lowest BCUT2D eigenvalue weighted by molar-refractivity contribution is 0.199. The number of amides is 2. The Labute approximate surface area is 108 Å². The lowest BCUT2D eigenvalue weighted by Gasteiger charge is -2.08. The van der Waals surface area contributed by atoms with E-state index in [9.17, 15) is 9.90 Å². The van der Waals surface area contributed by atoms with Crippen LogP contribution in [0.15, 0.2) is 24.3 Å². The summed E-state index contributed by atoms with van der Waals surface area (Å²) in [6.07, 6.45) is 1.61. The molecule has 2 amide bonds. The molecule has 1 aromatic carbocycles. The molecule has 1 atom stereocenters. The minimum atomic E-state index is -0.454. The van der Waals surface area contributed by atoms with Crippen molar-refractivity contribution in [2.24, 2.45) is 0 Å². The predicted molar refractivity (Wildman–Crippen MR) is 72.2 cm³/mol. The maximum Gasteiger partial charge on any atom is 0.315 e. The van der Waals surface area contributed by atoms with E-state index in [1.807, 2.05) is 24.3 Å². The van der Waals surface area contributed by atoms with Crippen molar-refractivity contribution in [3.8, 4) is 0 Å². The molecule has 0 saturated heterocycles. The average molecular weight is 250 g/mol. The van der Waals surface area contributed by atoms with Gasteiger partial charge in [0.15, 0.2) is 0 Å². The van der Waals surface area contributed by atoms with Crippen molar-refractivity contribution < 1.29 is 9.90 Å². The Hall–Kier alpha value is -1.55. The molecule has 0 aliphatic heterocycles. The summed E-state index contributed by atoms with van der Waals surface area (Å²) >= 11 is 0. The van der Waals surface area contributed by atoms with Crippen molar-refractivity contribution in [1.82, 2.24) is 10.6 Å². The van der Waals surface area contributed by atoms with Gasteiger partial charge >= 0.3 is 6.03 Å². The molecule has 0 saturated carbocycles. The summed E-state index contributed by atoms with van der Waals surface area (Å²) in [7, 11) is 0. The highest BCUT2D eigenvalue weighted by Crippen LogP contribution is 2.12. The van der Waals surface area contributed by atoms with Gasteiger partial charge in [0, 0.05) is 13.1 Å². The molecule has 0 aromatic heterocycles. The van der Waals surface area contributed by atoms with Crippen LogP contribution in [-0.4, -0.2) is 17.7 Å². The van der Waals surface area contributed by atoms with Crippen LogP contribution in [0, 0.1) is 0 Å². The molecule has 0 aliphatic rings. The number of carbonyl (C=O) groups excluding carboxylic acids is 1. The summed E-state index contributed by atoms with van der Waals surface area (Å²) in [4.78, 5) is 11.4. The zero-order valence-electron chi connectivity index (χ0n) is 11.1. The molecule has 0 aliphatic carbocycles. The molecule has 4 nitrogen and oxygen atoms in total. The molecule has 4 heteroatoms. The highest BCUT2D eigenvalue weighted by atomic mass is 16.3. The summed E-state index contributed by atoms with van der Waals surface area (Å²) in [6.45, 7) is 5.03. The second-order valence-corrected chi connectivity index (χ2v) is 4.38. The Kier molecular flexibility index (Phi) is 6.22. The number of aliphatic hydroxyl groups excluding tert-OH is 1. The van der Waals surface area contributed by atoms with E-state index in [2.05, 4.69) is 17.6 Å². The van der Waals surface area contributed by atoms with E-state index in [0.29, 0.717) is 13.1 Å². The van der Waals surface area contributed by atoms with E-state index < -0.39 is 6.10 Å². The molecule has 0 bridgehead atoms. The van der Waals surface area contributed by atoms with Gasteiger partial charge in [-0.05, 0) is 24.5 Å². The second kappa shape index (κ2) is 7.71. The SMILES string of the molecule is CCCCNC(=O)NCc1ccc(C(C)O)cc1. The molecule has 0 fully saturated rings. The largest absolute Gasteiger partial charge is 0.389 e. The number of carbonyl (C=O) groups is 1. The number of benzene rings is 1. The van der Waals surface area contributed by atoms with E-state index in [4.69, 9.17) is 0 Å². The zero-order chi connectivity index (χ0) is 13.4. The molecule has 1 aromatic rings. The van der Waals surface area contributed by atoms with Gasteiger partial charge in [-0.25, -0.2) is 4.79 Å². The molecular formula is C14H22N2O2. The van der Waals surface area contributed by atoms with Crippen LogP contribution in [0.1, 0.15) is 43.9 Å². The van der Waals surface area contributed by atoms with E-state index in [1.165, 1.54) is 0 Å². The Morgan fingerprint density at radius 1 is 1.28 bits per heavy atom. The van der Waals surface area contributed by atoms with Gasteiger partial charge in [-0.15, -0.1) is 0 Å². The van der Waals surface area contributed by atoms with Crippen molar-refractivity contribution >= 4 is 6.03 Å². The van der Waals surface area contributed by atoms with Gasteiger partial charge in [0.25, 0.3) is 0 Å². The number of nitrogens with one attached hydrogen (secondary N) is 2. The van der Waals surface area contributed by atoms with E-state index in [-0.39, 0.29) is 6.03 Å². The first-order valence-electron chi connectivity index (χ1n) is 6.42. The third-order valence-electron chi connectivity index (χ3n) is 2.73.